The number of fused-ring (bicyclic) bond motifs is 1. The number of hydrogen-bond donors (Lipinski definition) is 1. The molecule has 0 heterocycles. The van der Waals surface area contributed by atoms with Crippen molar-refractivity contribution in [3.8, 4) is 0 Å². The summed E-state index contributed by atoms with van der Waals surface area (Å²) in [5, 5.41) is 10.9. The maximum absolute atomic E-state index is 14.0. The zero-order chi connectivity index (χ0) is 23.0. The topological polar surface area (TPSA) is 88.5 Å². The van der Waals surface area contributed by atoms with Crippen LogP contribution in [0.4, 0.5) is 0 Å². The van der Waals surface area contributed by atoms with Crippen LogP contribution in [0.2, 0.25) is 0 Å². The first-order valence-corrected chi connectivity index (χ1v) is 11.1. The molecule has 3 rings (SSSR count). The predicted molar refractivity (Wildman–Crippen MR) is 114 cm³/mol. The maximum atomic E-state index is 14.0. The minimum Gasteiger partial charge on any atom is -0.390 e. The van der Waals surface area contributed by atoms with Crippen LogP contribution in [0.5, 0.6) is 0 Å². The molecule has 0 amide bonds. The van der Waals surface area contributed by atoms with E-state index in [9.17, 15) is 24.3 Å². The van der Waals surface area contributed by atoms with E-state index in [4.69, 9.17) is 0 Å². The van der Waals surface area contributed by atoms with Gasteiger partial charge in [-0.2, -0.15) is 0 Å². The van der Waals surface area contributed by atoms with E-state index in [-0.39, 0.29) is 42.7 Å². The fraction of sp³-hybridized carbons (Fsp3) is 0.760. The van der Waals surface area contributed by atoms with Gasteiger partial charge in [0.15, 0.2) is 23.1 Å². The highest BCUT2D eigenvalue weighted by molar-refractivity contribution is 6.37. The SMILES string of the molecule is CC(C)=CCC12C[C@H]3C(C)(C)[C@H](C(C)(C)O)C[C@@]3(C(=O)C(C(=O)C(C)C)C1=O)C2=O. The zero-order valence-corrected chi connectivity index (χ0v) is 19.6. The van der Waals surface area contributed by atoms with Gasteiger partial charge in [0.1, 0.15) is 5.92 Å². The van der Waals surface area contributed by atoms with Crippen LogP contribution in [-0.2, 0) is 19.2 Å². The number of rotatable bonds is 5. The Hall–Kier alpha value is -1.62. The van der Waals surface area contributed by atoms with Crippen molar-refractivity contribution in [3.05, 3.63) is 11.6 Å². The summed E-state index contributed by atoms with van der Waals surface area (Å²) in [6.45, 7) is 14.6. The van der Waals surface area contributed by atoms with E-state index in [0.29, 0.717) is 0 Å². The molecule has 3 aliphatic rings. The summed E-state index contributed by atoms with van der Waals surface area (Å²) >= 11 is 0. The predicted octanol–water partition coefficient (Wildman–Crippen LogP) is 3.71. The third-order valence-electron chi connectivity index (χ3n) is 8.31. The second kappa shape index (κ2) is 6.69. The molecule has 0 aromatic rings. The monoisotopic (exact) mass is 416 g/mol. The summed E-state index contributed by atoms with van der Waals surface area (Å²) < 4.78 is 0. The average Bonchev–Trinajstić information content (AvgIpc) is 2.97. The van der Waals surface area contributed by atoms with Gasteiger partial charge in [0, 0.05) is 5.92 Å². The lowest BCUT2D eigenvalue weighted by Crippen LogP contribution is -2.59. The van der Waals surface area contributed by atoms with E-state index >= 15 is 0 Å². The molecule has 0 aromatic carbocycles. The van der Waals surface area contributed by atoms with Crippen molar-refractivity contribution in [3.63, 3.8) is 0 Å². The van der Waals surface area contributed by atoms with Crippen molar-refractivity contribution >= 4 is 23.1 Å². The molecular weight excluding hydrogens is 380 g/mol. The minimum atomic E-state index is -1.37. The Kier molecular flexibility index (Phi) is 5.14. The normalized spacial score (nSPS) is 37.5. The highest BCUT2D eigenvalue weighted by Gasteiger charge is 2.80. The molecule has 1 spiro atoms. The molecular formula is C25H36O5. The molecule has 30 heavy (non-hydrogen) atoms. The fourth-order valence-electron chi connectivity index (χ4n) is 6.82. The van der Waals surface area contributed by atoms with Crippen molar-refractivity contribution in [2.45, 2.75) is 80.3 Å². The van der Waals surface area contributed by atoms with Crippen LogP contribution in [0.3, 0.4) is 0 Å². The van der Waals surface area contributed by atoms with Crippen molar-refractivity contribution in [1.29, 1.82) is 0 Å². The number of carbonyl (C=O) groups is 4. The molecule has 5 atom stereocenters. The van der Waals surface area contributed by atoms with E-state index in [0.717, 1.165) is 5.57 Å². The third kappa shape index (κ3) is 2.77. The summed E-state index contributed by atoms with van der Waals surface area (Å²) in [5.41, 5.74) is -3.27. The Morgan fingerprint density at radius 2 is 1.70 bits per heavy atom. The van der Waals surface area contributed by atoms with Crippen molar-refractivity contribution in [1.82, 2.24) is 0 Å². The number of Topliss-reactive ketones (excluding diaryl/α,β-unsaturated/α-hetero) is 4. The smallest absolute Gasteiger partial charge is 0.164 e. The molecule has 0 aromatic heterocycles. The minimum absolute atomic E-state index is 0.206. The Balaban J connectivity index is 2.25. The molecule has 166 valence electrons. The lowest BCUT2D eigenvalue weighted by atomic mass is 9.57. The van der Waals surface area contributed by atoms with Gasteiger partial charge in [0.05, 0.1) is 16.4 Å². The van der Waals surface area contributed by atoms with Crippen LogP contribution in [0.15, 0.2) is 11.6 Å². The molecule has 3 saturated carbocycles. The lowest BCUT2D eigenvalue weighted by Gasteiger charge is -2.41. The van der Waals surface area contributed by atoms with Gasteiger partial charge in [-0.25, -0.2) is 0 Å². The summed E-state index contributed by atoms with van der Waals surface area (Å²) in [7, 11) is 0. The quantitative estimate of drug-likeness (QED) is 0.545. The van der Waals surface area contributed by atoms with E-state index in [1.165, 1.54) is 0 Å². The van der Waals surface area contributed by atoms with Crippen molar-refractivity contribution in [2.24, 2.45) is 39.9 Å². The van der Waals surface area contributed by atoms with E-state index < -0.39 is 45.2 Å². The average molecular weight is 417 g/mol. The Morgan fingerprint density at radius 1 is 1.13 bits per heavy atom. The summed E-state index contributed by atoms with van der Waals surface area (Å²) in [5.74, 6) is -4.17. The molecule has 3 aliphatic carbocycles. The van der Waals surface area contributed by atoms with Crippen LogP contribution in [-0.4, -0.2) is 33.8 Å². The number of aliphatic hydroxyl groups is 1. The molecule has 3 fully saturated rings. The number of ketones is 4. The van der Waals surface area contributed by atoms with E-state index in [1.54, 1.807) is 27.7 Å². The first-order valence-electron chi connectivity index (χ1n) is 11.1. The van der Waals surface area contributed by atoms with Crippen molar-refractivity contribution < 1.29 is 24.3 Å². The largest absolute Gasteiger partial charge is 0.390 e. The number of allylic oxidation sites excluding steroid dienone is 2. The first-order chi connectivity index (χ1) is 13.5. The van der Waals surface area contributed by atoms with Gasteiger partial charge in [0.2, 0.25) is 0 Å². The van der Waals surface area contributed by atoms with Crippen LogP contribution < -0.4 is 0 Å². The van der Waals surface area contributed by atoms with Crippen molar-refractivity contribution in [2.75, 3.05) is 0 Å². The Bertz CT molecular complexity index is 851. The highest BCUT2D eigenvalue weighted by atomic mass is 16.3. The van der Waals surface area contributed by atoms with Gasteiger partial charge >= 0.3 is 0 Å². The van der Waals surface area contributed by atoms with Crippen LogP contribution >= 0.6 is 0 Å². The van der Waals surface area contributed by atoms with Crippen LogP contribution in [0, 0.1) is 39.9 Å². The molecule has 5 heteroatoms. The fourth-order valence-corrected chi connectivity index (χ4v) is 6.82. The highest BCUT2D eigenvalue weighted by Crippen LogP contribution is 2.72. The van der Waals surface area contributed by atoms with E-state index in [1.807, 2.05) is 33.8 Å². The van der Waals surface area contributed by atoms with Gasteiger partial charge < -0.3 is 5.11 Å². The number of carbonyl (C=O) groups excluding carboxylic acids is 4. The molecule has 0 radical (unpaired) electrons. The molecule has 5 nitrogen and oxygen atoms in total. The van der Waals surface area contributed by atoms with Crippen LogP contribution in [0.1, 0.15) is 74.7 Å². The standard InChI is InChI=1S/C25H36O5/c1-13(2)9-10-24-11-16-22(5,6)15(23(7,8)30)12-25(16,21(24)29)20(28)17(19(24)27)18(26)14(3)4/h9,14-17,30H,10-12H2,1-8H3/t15-,16+,17?,24?,25-/m1/s1. The maximum Gasteiger partial charge on any atom is 0.164 e. The summed E-state index contributed by atoms with van der Waals surface area (Å²) in [4.78, 5) is 54.5. The zero-order valence-electron chi connectivity index (χ0n) is 19.6. The molecule has 0 aliphatic heterocycles. The van der Waals surface area contributed by atoms with Gasteiger partial charge in [-0.05, 0) is 64.2 Å². The molecule has 1 N–H and O–H groups in total. The van der Waals surface area contributed by atoms with Gasteiger partial charge in [-0.1, -0.05) is 39.3 Å². The summed E-state index contributed by atoms with van der Waals surface area (Å²) in [6, 6.07) is 0. The van der Waals surface area contributed by atoms with Gasteiger partial charge in [0.25, 0.3) is 0 Å². The Morgan fingerprint density at radius 3 is 2.17 bits per heavy atom. The molecule has 2 unspecified atom stereocenters. The summed E-state index contributed by atoms with van der Waals surface area (Å²) in [6.07, 6.45) is 2.61. The van der Waals surface area contributed by atoms with Crippen LogP contribution in [0.25, 0.3) is 0 Å². The lowest BCUT2D eigenvalue weighted by molar-refractivity contribution is -0.161. The van der Waals surface area contributed by atoms with Gasteiger partial charge in [-0.3, -0.25) is 19.2 Å². The second-order valence-corrected chi connectivity index (χ2v) is 11.6. The number of hydrogen-bond acceptors (Lipinski definition) is 5. The van der Waals surface area contributed by atoms with Gasteiger partial charge in [-0.15, -0.1) is 0 Å². The third-order valence-corrected chi connectivity index (χ3v) is 8.31. The molecule has 0 saturated heterocycles. The van der Waals surface area contributed by atoms with E-state index in [2.05, 4.69) is 0 Å². The Labute approximate surface area is 179 Å². The first kappa shape index (κ1) is 23.1. The molecule has 2 bridgehead atoms. The second-order valence-electron chi connectivity index (χ2n) is 11.6.